The molecule has 2 N–H and O–H groups in total. The third-order valence-corrected chi connectivity index (χ3v) is 3.59. The maximum Gasteiger partial charge on any atom is 0.308 e. The molecule has 0 saturated heterocycles. The van der Waals surface area contributed by atoms with Gasteiger partial charge in [-0.2, -0.15) is 0 Å². The van der Waals surface area contributed by atoms with E-state index in [4.69, 9.17) is 14.3 Å². The average molecular weight is 317 g/mol. The summed E-state index contributed by atoms with van der Waals surface area (Å²) in [4.78, 5) is 23.2. The zero-order chi connectivity index (χ0) is 16.8. The van der Waals surface area contributed by atoms with Crippen LogP contribution in [0.25, 0.3) is 0 Å². The van der Waals surface area contributed by atoms with Gasteiger partial charge >= 0.3 is 5.97 Å². The molecule has 6 heteroatoms. The van der Waals surface area contributed by atoms with Crippen molar-refractivity contribution >= 4 is 11.9 Å². The quantitative estimate of drug-likeness (QED) is 0.819. The van der Waals surface area contributed by atoms with Crippen molar-refractivity contribution in [3.05, 3.63) is 54.0 Å². The number of carboxylic acid groups (broad SMARTS) is 1. The minimum atomic E-state index is -0.968. The van der Waals surface area contributed by atoms with Crippen molar-refractivity contribution in [3.63, 3.8) is 0 Å². The van der Waals surface area contributed by atoms with Crippen LogP contribution in [0.3, 0.4) is 0 Å². The molecule has 0 spiro atoms. The minimum Gasteiger partial charge on any atom is -0.489 e. The van der Waals surface area contributed by atoms with Gasteiger partial charge < -0.3 is 19.6 Å². The first-order chi connectivity index (χ1) is 11.0. The highest BCUT2D eigenvalue weighted by atomic mass is 16.5. The molecule has 0 fully saturated rings. The monoisotopic (exact) mass is 317 g/mol. The lowest BCUT2D eigenvalue weighted by Gasteiger charge is -2.17. The van der Waals surface area contributed by atoms with Gasteiger partial charge in [-0.3, -0.25) is 9.59 Å². The van der Waals surface area contributed by atoms with E-state index in [1.807, 2.05) is 30.3 Å². The van der Waals surface area contributed by atoms with Crippen molar-refractivity contribution in [1.82, 2.24) is 5.32 Å². The topological polar surface area (TPSA) is 88.8 Å². The highest BCUT2D eigenvalue weighted by Crippen LogP contribution is 2.16. The molecule has 2 atom stereocenters. The van der Waals surface area contributed by atoms with Crippen molar-refractivity contribution in [1.29, 1.82) is 0 Å². The molecule has 2 rings (SSSR count). The smallest absolute Gasteiger partial charge is 0.308 e. The van der Waals surface area contributed by atoms with Crippen molar-refractivity contribution in [2.45, 2.75) is 26.5 Å². The Morgan fingerprint density at radius 1 is 1.22 bits per heavy atom. The fraction of sp³-hybridized carbons (Fsp3) is 0.294. The summed E-state index contributed by atoms with van der Waals surface area (Å²) in [5.74, 6) is -1.30. The Hall–Kier alpha value is -2.76. The van der Waals surface area contributed by atoms with Crippen LogP contribution < -0.4 is 10.1 Å². The molecule has 1 amide bonds. The fourth-order valence-electron chi connectivity index (χ4n) is 1.94. The third-order valence-electron chi connectivity index (χ3n) is 3.59. The van der Waals surface area contributed by atoms with E-state index in [0.29, 0.717) is 11.3 Å². The summed E-state index contributed by atoms with van der Waals surface area (Å²) in [7, 11) is 0. The van der Waals surface area contributed by atoms with E-state index in [-0.39, 0.29) is 12.4 Å². The van der Waals surface area contributed by atoms with E-state index in [1.54, 1.807) is 13.0 Å². The Balaban J connectivity index is 1.99. The molecule has 0 aliphatic heterocycles. The summed E-state index contributed by atoms with van der Waals surface area (Å²) in [6, 6.07) is 10.4. The highest BCUT2D eigenvalue weighted by molar-refractivity contribution is 5.93. The van der Waals surface area contributed by atoms with Crippen LogP contribution in [0.2, 0.25) is 0 Å². The predicted molar refractivity (Wildman–Crippen MR) is 83.2 cm³/mol. The lowest BCUT2D eigenvalue weighted by molar-refractivity contribution is -0.141. The summed E-state index contributed by atoms with van der Waals surface area (Å²) in [6.07, 6.45) is 1.41. The van der Waals surface area contributed by atoms with Gasteiger partial charge in [0.2, 0.25) is 0 Å². The van der Waals surface area contributed by atoms with Gasteiger partial charge in [0, 0.05) is 11.6 Å². The number of rotatable bonds is 7. The molecule has 0 radical (unpaired) electrons. The normalized spacial score (nSPS) is 13.1. The molecule has 2 unspecified atom stereocenters. The SMILES string of the molecule is CC(NC(=O)c1occc1COc1ccccc1)C(C)C(=O)O. The zero-order valence-corrected chi connectivity index (χ0v) is 13.0. The number of aliphatic carboxylic acids is 1. The number of benzene rings is 1. The minimum absolute atomic E-state index is 0.130. The largest absolute Gasteiger partial charge is 0.489 e. The summed E-state index contributed by atoms with van der Waals surface area (Å²) in [5.41, 5.74) is 0.599. The molecule has 1 heterocycles. The second kappa shape index (κ2) is 7.49. The van der Waals surface area contributed by atoms with Crippen LogP contribution >= 0.6 is 0 Å². The van der Waals surface area contributed by atoms with Crippen LogP contribution in [0.5, 0.6) is 5.75 Å². The molecule has 0 aliphatic rings. The number of carbonyl (C=O) groups excluding carboxylic acids is 1. The molecular formula is C17H19NO5. The molecular weight excluding hydrogens is 298 g/mol. The molecule has 6 nitrogen and oxygen atoms in total. The van der Waals surface area contributed by atoms with E-state index in [9.17, 15) is 9.59 Å². The van der Waals surface area contributed by atoms with Crippen LogP contribution in [0.4, 0.5) is 0 Å². The van der Waals surface area contributed by atoms with Crippen molar-refractivity contribution in [2.24, 2.45) is 5.92 Å². The summed E-state index contributed by atoms with van der Waals surface area (Å²) < 4.78 is 10.8. The lowest BCUT2D eigenvalue weighted by Crippen LogP contribution is -2.40. The van der Waals surface area contributed by atoms with E-state index in [2.05, 4.69) is 5.32 Å². The Bertz CT molecular complexity index is 665. The van der Waals surface area contributed by atoms with E-state index >= 15 is 0 Å². The van der Waals surface area contributed by atoms with E-state index in [0.717, 1.165) is 0 Å². The maximum absolute atomic E-state index is 12.2. The lowest BCUT2D eigenvalue weighted by atomic mass is 10.0. The maximum atomic E-state index is 12.2. The van der Waals surface area contributed by atoms with Crippen LogP contribution in [-0.4, -0.2) is 23.0 Å². The predicted octanol–water partition coefficient (Wildman–Crippen LogP) is 2.70. The number of hydrogen-bond donors (Lipinski definition) is 2. The number of furan rings is 1. The Morgan fingerprint density at radius 3 is 2.57 bits per heavy atom. The molecule has 0 aliphatic carbocycles. The number of carboxylic acids is 1. The molecule has 23 heavy (non-hydrogen) atoms. The average Bonchev–Trinajstić information content (AvgIpc) is 3.01. The zero-order valence-electron chi connectivity index (χ0n) is 13.0. The number of hydrogen-bond acceptors (Lipinski definition) is 4. The second-order valence-corrected chi connectivity index (χ2v) is 5.27. The van der Waals surface area contributed by atoms with E-state index < -0.39 is 23.8 Å². The van der Waals surface area contributed by atoms with Gasteiger partial charge in [-0.25, -0.2) is 0 Å². The first-order valence-corrected chi connectivity index (χ1v) is 7.27. The Labute approximate surface area is 134 Å². The fourth-order valence-corrected chi connectivity index (χ4v) is 1.94. The molecule has 0 saturated carbocycles. The van der Waals surface area contributed by atoms with Gasteiger partial charge in [0.1, 0.15) is 12.4 Å². The Morgan fingerprint density at radius 2 is 1.91 bits per heavy atom. The van der Waals surface area contributed by atoms with Crippen LogP contribution in [-0.2, 0) is 11.4 Å². The van der Waals surface area contributed by atoms with Gasteiger partial charge in [-0.15, -0.1) is 0 Å². The Kier molecular flexibility index (Phi) is 5.41. The molecule has 1 aromatic carbocycles. The number of ether oxygens (including phenoxy) is 1. The number of nitrogens with one attached hydrogen (secondary N) is 1. The number of amides is 1. The van der Waals surface area contributed by atoms with Crippen molar-refractivity contribution in [3.8, 4) is 5.75 Å². The third kappa shape index (κ3) is 4.35. The summed E-state index contributed by atoms with van der Waals surface area (Å²) in [6.45, 7) is 3.36. The van der Waals surface area contributed by atoms with Gasteiger partial charge in [0.15, 0.2) is 5.76 Å². The first kappa shape index (κ1) is 16.6. The van der Waals surface area contributed by atoms with Gasteiger partial charge in [-0.05, 0) is 32.0 Å². The second-order valence-electron chi connectivity index (χ2n) is 5.27. The molecule has 0 bridgehead atoms. The number of para-hydroxylation sites is 1. The van der Waals surface area contributed by atoms with Crippen LogP contribution in [0.15, 0.2) is 47.1 Å². The van der Waals surface area contributed by atoms with E-state index in [1.165, 1.54) is 13.2 Å². The summed E-state index contributed by atoms with van der Waals surface area (Å²) in [5, 5.41) is 11.6. The van der Waals surface area contributed by atoms with Crippen LogP contribution in [0.1, 0.15) is 30.0 Å². The molecule has 2 aromatic rings. The first-order valence-electron chi connectivity index (χ1n) is 7.27. The molecule has 122 valence electrons. The van der Waals surface area contributed by atoms with Gasteiger partial charge in [0.05, 0.1) is 12.2 Å². The van der Waals surface area contributed by atoms with Crippen molar-refractivity contribution < 1.29 is 23.8 Å². The van der Waals surface area contributed by atoms with Gasteiger partial charge in [0.25, 0.3) is 5.91 Å². The van der Waals surface area contributed by atoms with Crippen LogP contribution in [0, 0.1) is 5.92 Å². The standard InChI is InChI=1S/C17H19NO5/c1-11(17(20)21)12(2)18-16(19)15-13(8-9-22-15)10-23-14-6-4-3-5-7-14/h3-9,11-12H,10H2,1-2H3,(H,18,19)(H,20,21). The van der Waals surface area contributed by atoms with Crippen molar-refractivity contribution in [2.75, 3.05) is 0 Å². The highest BCUT2D eigenvalue weighted by Gasteiger charge is 2.24. The number of carbonyl (C=O) groups is 2. The summed E-state index contributed by atoms with van der Waals surface area (Å²) >= 11 is 0. The molecule has 1 aromatic heterocycles. The van der Waals surface area contributed by atoms with Gasteiger partial charge in [-0.1, -0.05) is 18.2 Å².